The van der Waals surface area contributed by atoms with Crippen molar-refractivity contribution in [2.24, 2.45) is 5.73 Å². The van der Waals surface area contributed by atoms with Crippen LogP contribution < -0.4 is 16.4 Å². The molecule has 0 aromatic heterocycles. The SMILES string of the molecule is NC(=O)c1ccc(NC2CCCCNC2)cc1Cl. The highest BCUT2D eigenvalue weighted by molar-refractivity contribution is 6.34. The third kappa shape index (κ3) is 3.37. The van der Waals surface area contributed by atoms with Gasteiger partial charge in [-0.05, 0) is 37.6 Å². The van der Waals surface area contributed by atoms with Gasteiger partial charge >= 0.3 is 0 Å². The van der Waals surface area contributed by atoms with Gasteiger partial charge < -0.3 is 16.4 Å². The van der Waals surface area contributed by atoms with Crippen molar-refractivity contribution in [2.75, 3.05) is 18.4 Å². The van der Waals surface area contributed by atoms with E-state index in [1.54, 1.807) is 12.1 Å². The van der Waals surface area contributed by atoms with Crippen LogP contribution in [0.4, 0.5) is 5.69 Å². The summed E-state index contributed by atoms with van der Waals surface area (Å²) in [5.74, 6) is -0.498. The monoisotopic (exact) mass is 267 g/mol. The van der Waals surface area contributed by atoms with Crippen molar-refractivity contribution in [3.63, 3.8) is 0 Å². The Morgan fingerprint density at radius 1 is 1.44 bits per heavy atom. The maximum atomic E-state index is 11.1. The first-order valence-corrected chi connectivity index (χ1v) is 6.61. The Hall–Kier alpha value is -1.26. The van der Waals surface area contributed by atoms with Gasteiger partial charge in [0.15, 0.2) is 0 Å². The van der Waals surface area contributed by atoms with Crippen molar-refractivity contribution in [2.45, 2.75) is 25.3 Å². The van der Waals surface area contributed by atoms with Crippen LogP contribution in [0.15, 0.2) is 18.2 Å². The average Bonchev–Trinajstić information content (AvgIpc) is 2.57. The van der Waals surface area contributed by atoms with Crippen LogP contribution in [0.25, 0.3) is 0 Å². The zero-order valence-electron chi connectivity index (χ0n) is 10.2. The van der Waals surface area contributed by atoms with Gasteiger partial charge in [0.05, 0.1) is 10.6 Å². The standard InChI is InChI=1S/C13H18ClN3O/c14-12-7-9(4-5-11(12)13(15)18)17-10-3-1-2-6-16-8-10/h4-5,7,10,16-17H,1-3,6,8H2,(H2,15,18). The summed E-state index contributed by atoms with van der Waals surface area (Å²) in [5.41, 5.74) is 6.51. The van der Waals surface area contributed by atoms with E-state index in [-0.39, 0.29) is 0 Å². The molecule has 1 aromatic carbocycles. The Balaban J connectivity index is 2.05. The summed E-state index contributed by atoms with van der Waals surface area (Å²) in [6.07, 6.45) is 3.58. The molecule has 1 fully saturated rings. The number of rotatable bonds is 3. The molecular formula is C13H18ClN3O. The Labute approximate surface area is 112 Å². The summed E-state index contributed by atoms with van der Waals surface area (Å²) in [6, 6.07) is 5.67. The molecule has 5 heteroatoms. The van der Waals surface area contributed by atoms with E-state index < -0.39 is 5.91 Å². The lowest BCUT2D eigenvalue weighted by Crippen LogP contribution is -2.30. The molecule has 4 nitrogen and oxygen atoms in total. The first-order chi connectivity index (χ1) is 8.66. The third-order valence-corrected chi connectivity index (χ3v) is 3.46. The number of nitrogens with one attached hydrogen (secondary N) is 2. The number of primary amides is 1. The predicted molar refractivity (Wildman–Crippen MR) is 74.1 cm³/mol. The van der Waals surface area contributed by atoms with Gasteiger partial charge in [-0.3, -0.25) is 4.79 Å². The van der Waals surface area contributed by atoms with E-state index in [0.29, 0.717) is 16.6 Å². The molecule has 4 N–H and O–H groups in total. The van der Waals surface area contributed by atoms with Gasteiger partial charge in [0.25, 0.3) is 0 Å². The third-order valence-electron chi connectivity index (χ3n) is 3.15. The van der Waals surface area contributed by atoms with Gasteiger partial charge in [-0.15, -0.1) is 0 Å². The number of halogens is 1. The number of hydrogen-bond donors (Lipinski definition) is 3. The van der Waals surface area contributed by atoms with Gasteiger partial charge in [-0.1, -0.05) is 18.0 Å². The molecular weight excluding hydrogens is 250 g/mol. The Bertz CT molecular complexity index is 428. The number of anilines is 1. The van der Waals surface area contributed by atoms with Crippen molar-refractivity contribution in [1.82, 2.24) is 5.32 Å². The summed E-state index contributed by atoms with van der Waals surface area (Å²) in [7, 11) is 0. The van der Waals surface area contributed by atoms with E-state index in [1.165, 1.54) is 12.8 Å². The second-order valence-electron chi connectivity index (χ2n) is 4.60. The van der Waals surface area contributed by atoms with Gasteiger partial charge in [-0.25, -0.2) is 0 Å². The van der Waals surface area contributed by atoms with Gasteiger partial charge in [0.1, 0.15) is 0 Å². The molecule has 1 amide bonds. The predicted octanol–water partition coefficient (Wildman–Crippen LogP) is 1.99. The van der Waals surface area contributed by atoms with Crippen molar-refractivity contribution >= 4 is 23.2 Å². The van der Waals surface area contributed by atoms with Crippen LogP contribution in [0.3, 0.4) is 0 Å². The van der Waals surface area contributed by atoms with E-state index in [9.17, 15) is 4.79 Å². The molecule has 1 aromatic rings. The fraction of sp³-hybridized carbons (Fsp3) is 0.462. The second kappa shape index (κ2) is 6.07. The van der Waals surface area contributed by atoms with Crippen molar-refractivity contribution in [1.29, 1.82) is 0 Å². The minimum Gasteiger partial charge on any atom is -0.381 e. The lowest BCUT2D eigenvalue weighted by Gasteiger charge is -2.18. The fourth-order valence-electron chi connectivity index (χ4n) is 2.18. The molecule has 2 rings (SSSR count). The minimum atomic E-state index is -0.498. The number of carbonyl (C=O) groups excluding carboxylic acids is 1. The van der Waals surface area contributed by atoms with Crippen molar-refractivity contribution < 1.29 is 4.79 Å². The number of nitrogens with two attached hydrogens (primary N) is 1. The Kier molecular flexibility index (Phi) is 4.44. The quantitative estimate of drug-likeness (QED) is 0.785. The first kappa shape index (κ1) is 13.2. The zero-order valence-corrected chi connectivity index (χ0v) is 11.0. The molecule has 1 aliphatic rings. The van der Waals surface area contributed by atoms with E-state index in [4.69, 9.17) is 17.3 Å². The van der Waals surface area contributed by atoms with Crippen LogP contribution in [0.5, 0.6) is 0 Å². The van der Waals surface area contributed by atoms with E-state index in [0.717, 1.165) is 25.2 Å². The van der Waals surface area contributed by atoms with Crippen LogP contribution in [0.1, 0.15) is 29.6 Å². The van der Waals surface area contributed by atoms with E-state index in [2.05, 4.69) is 10.6 Å². The molecule has 1 aliphatic heterocycles. The zero-order chi connectivity index (χ0) is 13.0. The summed E-state index contributed by atoms with van der Waals surface area (Å²) >= 11 is 6.02. The van der Waals surface area contributed by atoms with Gasteiger partial charge in [0.2, 0.25) is 5.91 Å². The molecule has 1 saturated heterocycles. The minimum absolute atomic E-state index is 0.362. The van der Waals surface area contributed by atoms with Crippen molar-refractivity contribution in [3.05, 3.63) is 28.8 Å². The molecule has 0 saturated carbocycles. The molecule has 0 spiro atoms. The maximum Gasteiger partial charge on any atom is 0.250 e. The van der Waals surface area contributed by atoms with Crippen molar-refractivity contribution in [3.8, 4) is 0 Å². The molecule has 1 unspecified atom stereocenters. The summed E-state index contributed by atoms with van der Waals surface area (Å²) in [4.78, 5) is 11.1. The summed E-state index contributed by atoms with van der Waals surface area (Å²) in [6.45, 7) is 2.04. The normalized spacial score (nSPS) is 20.2. The van der Waals surface area contributed by atoms with Gasteiger partial charge in [-0.2, -0.15) is 0 Å². The van der Waals surface area contributed by atoms with Crippen LogP contribution in [0, 0.1) is 0 Å². The first-order valence-electron chi connectivity index (χ1n) is 6.23. The largest absolute Gasteiger partial charge is 0.381 e. The second-order valence-corrected chi connectivity index (χ2v) is 5.01. The summed E-state index contributed by atoms with van der Waals surface area (Å²) < 4.78 is 0. The molecule has 1 heterocycles. The number of benzene rings is 1. The topological polar surface area (TPSA) is 67.2 Å². The van der Waals surface area contributed by atoms with Gasteiger partial charge in [0, 0.05) is 18.3 Å². The molecule has 18 heavy (non-hydrogen) atoms. The van der Waals surface area contributed by atoms with Crippen LogP contribution in [-0.4, -0.2) is 25.0 Å². The highest BCUT2D eigenvalue weighted by Gasteiger charge is 2.13. The average molecular weight is 268 g/mol. The number of hydrogen-bond acceptors (Lipinski definition) is 3. The van der Waals surface area contributed by atoms with Crippen LogP contribution in [0.2, 0.25) is 5.02 Å². The maximum absolute atomic E-state index is 11.1. The lowest BCUT2D eigenvalue weighted by molar-refractivity contribution is 0.100. The molecule has 0 radical (unpaired) electrons. The summed E-state index contributed by atoms with van der Waals surface area (Å²) in [5, 5.41) is 7.22. The molecule has 1 atom stereocenters. The molecule has 0 aliphatic carbocycles. The number of amides is 1. The Morgan fingerprint density at radius 3 is 3.00 bits per heavy atom. The fourth-order valence-corrected chi connectivity index (χ4v) is 2.46. The number of carbonyl (C=O) groups is 1. The molecule has 0 bridgehead atoms. The van der Waals surface area contributed by atoms with E-state index >= 15 is 0 Å². The smallest absolute Gasteiger partial charge is 0.250 e. The highest BCUT2D eigenvalue weighted by atomic mass is 35.5. The van der Waals surface area contributed by atoms with Crippen LogP contribution in [-0.2, 0) is 0 Å². The van der Waals surface area contributed by atoms with Crippen LogP contribution >= 0.6 is 11.6 Å². The van der Waals surface area contributed by atoms with E-state index in [1.807, 2.05) is 6.07 Å². The molecule has 98 valence electrons. The highest BCUT2D eigenvalue weighted by Crippen LogP contribution is 2.22. The Morgan fingerprint density at radius 2 is 2.28 bits per heavy atom. The lowest BCUT2D eigenvalue weighted by atomic mass is 10.1.